The number of likely N-dealkylation sites (N-methyl/N-ethyl adjacent to an activating group) is 1. The quantitative estimate of drug-likeness (QED) is 0.882. The van der Waals surface area contributed by atoms with Gasteiger partial charge >= 0.3 is 0 Å². The summed E-state index contributed by atoms with van der Waals surface area (Å²) < 4.78 is 5.51. The average molecular weight is 250 g/mol. The predicted octanol–water partition coefficient (Wildman–Crippen LogP) is 1.59. The molecule has 1 aliphatic heterocycles. The number of furan rings is 1. The van der Waals surface area contributed by atoms with Gasteiger partial charge in [-0.2, -0.15) is 0 Å². The lowest BCUT2D eigenvalue weighted by atomic mass is 9.98. The summed E-state index contributed by atoms with van der Waals surface area (Å²) in [5.41, 5.74) is 0. The zero-order chi connectivity index (χ0) is 13.0. The fourth-order valence-corrected chi connectivity index (χ4v) is 2.38. The van der Waals surface area contributed by atoms with E-state index in [4.69, 9.17) is 4.42 Å². The fraction of sp³-hybridized carbons (Fsp3) is 0.643. The van der Waals surface area contributed by atoms with Crippen LogP contribution in [0.4, 0.5) is 0 Å². The molecule has 0 aromatic carbocycles. The molecule has 1 aromatic heterocycles. The van der Waals surface area contributed by atoms with E-state index >= 15 is 0 Å². The third-order valence-electron chi connectivity index (χ3n) is 3.51. The largest absolute Gasteiger partial charge is 0.466 e. The SMILES string of the molecule is Cc1ccc(CCN(C)C(=O)C2CCCNC2)o1. The number of amides is 1. The summed E-state index contributed by atoms with van der Waals surface area (Å²) in [6.07, 6.45) is 2.90. The first kappa shape index (κ1) is 13.1. The van der Waals surface area contributed by atoms with Crippen molar-refractivity contribution >= 4 is 5.91 Å². The van der Waals surface area contributed by atoms with Gasteiger partial charge in [-0.1, -0.05) is 0 Å². The number of nitrogens with zero attached hydrogens (tertiary/aromatic N) is 1. The predicted molar refractivity (Wildman–Crippen MR) is 70.4 cm³/mol. The topological polar surface area (TPSA) is 45.5 Å². The van der Waals surface area contributed by atoms with Crippen molar-refractivity contribution in [1.82, 2.24) is 10.2 Å². The molecule has 0 bridgehead atoms. The maximum absolute atomic E-state index is 12.2. The van der Waals surface area contributed by atoms with E-state index in [9.17, 15) is 4.79 Å². The van der Waals surface area contributed by atoms with E-state index in [1.807, 2.05) is 31.0 Å². The first-order valence-electron chi connectivity index (χ1n) is 6.68. The van der Waals surface area contributed by atoms with Crippen LogP contribution in [-0.4, -0.2) is 37.5 Å². The van der Waals surface area contributed by atoms with Gasteiger partial charge in [-0.25, -0.2) is 0 Å². The molecule has 1 saturated heterocycles. The van der Waals surface area contributed by atoms with Gasteiger partial charge < -0.3 is 14.6 Å². The molecule has 2 heterocycles. The van der Waals surface area contributed by atoms with Crippen molar-refractivity contribution in [1.29, 1.82) is 0 Å². The maximum Gasteiger partial charge on any atom is 0.226 e. The average Bonchev–Trinajstić information content (AvgIpc) is 2.82. The minimum Gasteiger partial charge on any atom is -0.466 e. The first-order valence-corrected chi connectivity index (χ1v) is 6.68. The molecular weight excluding hydrogens is 228 g/mol. The van der Waals surface area contributed by atoms with Crippen molar-refractivity contribution in [2.75, 3.05) is 26.7 Å². The van der Waals surface area contributed by atoms with Crippen LogP contribution < -0.4 is 5.32 Å². The van der Waals surface area contributed by atoms with E-state index in [1.165, 1.54) is 0 Å². The molecule has 18 heavy (non-hydrogen) atoms. The molecule has 0 spiro atoms. The Labute approximate surface area is 108 Å². The Balaban J connectivity index is 1.79. The van der Waals surface area contributed by atoms with E-state index < -0.39 is 0 Å². The van der Waals surface area contributed by atoms with Crippen LogP contribution in [0.5, 0.6) is 0 Å². The second-order valence-corrected chi connectivity index (χ2v) is 5.07. The Morgan fingerprint density at radius 2 is 2.39 bits per heavy atom. The van der Waals surface area contributed by atoms with Crippen LogP contribution in [0.1, 0.15) is 24.4 Å². The minimum atomic E-state index is 0.155. The second-order valence-electron chi connectivity index (χ2n) is 5.07. The number of carbonyl (C=O) groups excluding carboxylic acids is 1. The molecule has 4 heteroatoms. The molecule has 0 saturated carbocycles. The standard InChI is InChI=1S/C14H22N2O2/c1-11-5-6-13(18-11)7-9-16(2)14(17)12-4-3-8-15-10-12/h5-6,12,15H,3-4,7-10H2,1-2H3. The molecule has 2 rings (SSSR count). The minimum absolute atomic E-state index is 0.155. The molecule has 1 amide bonds. The van der Waals surface area contributed by atoms with Crippen molar-refractivity contribution in [3.05, 3.63) is 23.7 Å². The third kappa shape index (κ3) is 3.35. The molecule has 1 unspecified atom stereocenters. The summed E-state index contributed by atoms with van der Waals surface area (Å²) in [5, 5.41) is 3.28. The molecule has 4 nitrogen and oxygen atoms in total. The molecule has 0 aliphatic carbocycles. The number of nitrogens with one attached hydrogen (secondary N) is 1. The van der Waals surface area contributed by atoms with Crippen molar-refractivity contribution in [3.63, 3.8) is 0 Å². The first-order chi connectivity index (χ1) is 8.66. The van der Waals surface area contributed by atoms with E-state index in [0.29, 0.717) is 0 Å². The lowest BCUT2D eigenvalue weighted by Gasteiger charge is -2.26. The van der Waals surface area contributed by atoms with Crippen molar-refractivity contribution < 1.29 is 9.21 Å². The van der Waals surface area contributed by atoms with Crippen molar-refractivity contribution in [3.8, 4) is 0 Å². The van der Waals surface area contributed by atoms with Gasteiger partial charge in [-0.15, -0.1) is 0 Å². The van der Waals surface area contributed by atoms with Crippen LogP contribution in [0.15, 0.2) is 16.5 Å². The molecule has 1 aliphatic rings. The Morgan fingerprint density at radius 1 is 1.56 bits per heavy atom. The summed E-state index contributed by atoms with van der Waals surface area (Å²) in [4.78, 5) is 14.0. The van der Waals surface area contributed by atoms with Crippen LogP contribution in [0.2, 0.25) is 0 Å². The Hall–Kier alpha value is -1.29. The summed E-state index contributed by atoms with van der Waals surface area (Å²) in [7, 11) is 1.88. The number of rotatable bonds is 4. The highest BCUT2D eigenvalue weighted by Gasteiger charge is 2.23. The fourth-order valence-electron chi connectivity index (χ4n) is 2.38. The van der Waals surface area contributed by atoms with E-state index in [1.54, 1.807) is 0 Å². The molecule has 100 valence electrons. The molecule has 1 atom stereocenters. The lowest BCUT2D eigenvalue weighted by Crippen LogP contribution is -2.42. The van der Waals surface area contributed by atoms with Crippen LogP contribution >= 0.6 is 0 Å². The van der Waals surface area contributed by atoms with Crippen LogP contribution in [0.25, 0.3) is 0 Å². The smallest absolute Gasteiger partial charge is 0.226 e. The zero-order valence-corrected chi connectivity index (χ0v) is 11.2. The third-order valence-corrected chi connectivity index (χ3v) is 3.51. The second kappa shape index (κ2) is 6.05. The van der Waals surface area contributed by atoms with Crippen molar-refractivity contribution in [2.24, 2.45) is 5.92 Å². The zero-order valence-electron chi connectivity index (χ0n) is 11.2. The van der Waals surface area contributed by atoms with E-state index in [2.05, 4.69) is 5.32 Å². The van der Waals surface area contributed by atoms with Gasteiger partial charge in [0.2, 0.25) is 5.91 Å². The highest BCUT2D eigenvalue weighted by molar-refractivity contribution is 5.78. The van der Waals surface area contributed by atoms with Gasteiger partial charge in [-0.05, 0) is 38.4 Å². The van der Waals surface area contributed by atoms with Crippen LogP contribution in [0.3, 0.4) is 0 Å². The number of hydrogen-bond donors (Lipinski definition) is 1. The maximum atomic E-state index is 12.2. The van der Waals surface area contributed by atoms with E-state index in [-0.39, 0.29) is 11.8 Å². The van der Waals surface area contributed by atoms with Gasteiger partial charge in [0.05, 0.1) is 5.92 Å². The van der Waals surface area contributed by atoms with Gasteiger partial charge in [0.1, 0.15) is 11.5 Å². The summed E-state index contributed by atoms with van der Waals surface area (Å²) >= 11 is 0. The Bertz CT molecular complexity index is 394. The van der Waals surface area contributed by atoms with Gasteiger partial charge in [0.15, 0.2) is 0 Å². The highest BCUT2D eigenvalue weighted by atomic mass is 16.3. The van der Waals surface area contributed by atoms with Crippen molar-refractivity contribution in [2.45, 2.75) is 26.2 Å². The molecule has 1 aromatic rings. The number of piperidine rings is 1. The molecule has 1 fully saturated rings. The summed E-state index contributed by atoms with van der Waals surface area (Å²) in [6.45, 7) is 4.52. The monoisotopic (exact) mass is 250 g/mol. The number of hydrogen-bond acceptors (Lipinski definition) is 3. The van der Waals surface area contributed by atoms with Gasteiger partial charge in [-0.3, -0.25) is 4.79 Å². The van der Waals surface area contributed by atoms with E-state index in [0.717, 1.165) is 50.4 Å². The normalized spacial score (nSPS) is 19.8. The summed E-state index contributed by atoms with van der Waals surface area (Å²) in [5.74, 6) is 2.29. The number of carbonyl (C=O) groups is 1. The molecule has 1 N–H and O–H groups in total. The van der Waals surface area contributed by atoms with Gasteiger partial charge in [0, 0.05) is 26.6 Å². The molecule has 0 radical (unpaired) electrons. The van der Waals surface area contributed by atoms with Gasteiger partial charge in [0.25, 0.3) is 0 Å². The Morgan fingerprint density at radius 3 is 3.00 bits per heavy atom. The summed E-state index contributed by atoms with van der Waals surface area (Å²) in [6, 6.07) is 3.94. The van der Waals surface area contributed by atoms with Crippen LogP contribution in [0, 0.1) is 12.8 Å². The lowest BCUT2D eigenvalue weighted by molar-refractivity contribution is -0.134. The number of aryl methyl sites for hydroxylation is 1. The highest BCUT2D eigenvalue weighted by Crippen LogP contribution is 2.13. The Kier molecular flexibility index (Phi) is 4.42. The van der Waals surface area contributed by atoms with Crippen LogP contribution in [-0.2, 0) is 11.2 Å². The molecular formula is C14H22N2O2.